The number of carbonyl (C=O) groups is 3. The zero-order valence-corrected chi connectivity index (χ0v) is 23.7. The normalized spacial score (nSPS) is 12.3. The predicted molar refractivity (Wildman–Crippen MR) is 158 cm³/mol. The first-order chi connectivity index (χ1) is 20.4. The Bertz CT molecular complexity index is 1770. The summed E-state index contributed by atoms with van der Waals surface area (Å²) >= 11 is 1.33. The van der Waals surface area contributed by atoms with Gasteiger partial charge in [-0.2, -0.15) is 10.4 Å². The summed E-state index contributed by atoms with van der Waals surface area (Å²) in [4.78, 5) is 39.3. The third kappa shape index (κ3) is 5.80. The van der Waals surface area contributed by atoms with E-state index in [1.165, 1.54) is 37.8 Å². The number of aryl methyl sites for hydroxylation is 1. The van der Waals surface area contributed by atoms with Crippen molar-refractivity contribution in [2.75, 3.05) is 19.5 Å². The van der Waals surface area contributed by atoms with E-state index < -0.39 is 17.8 Å². The molecule has 1 aliphatic rings. The van der Waals surface area contributed by atoms with Crippen LogP contribution in [0.1, 0.15) is 44.8 Å². The van der Waals surface area contributed by atoms with Gasteiger partial charge >= 0.3 is 17.8 Å². The molecule has 2 N–H and O–H groups in total. The molecule has 0 bridgehead atoms. The Labute approximate surface area is 245 Å². The molecule has 10 nitrogen and oxygen atoms in total. The molecule has 0 saturated carbocycles. The summed E-state index contributed by atoms with van der Waals surface area (Å²) in [7, 11) is 2.97. The molecule has 1 aromatic heterocycles. The van der Waals surface area contributed by atoms with Crippen molar-refractivity contribution in [3.63, 3.8) is 0 Å². The predicted octanol–water partition coefficient (Wildman–Crippen LogP) is 4.98. The number of thiophene rings is 1. The van der Waals surface area contributed by atoms with E-state index in [2.05, 4.69) is 21.9 Å². The zero-order valence-electron chi connectivity index (χ0n) is 22.9. The lowest BCUT2D eigenvalue weighted by atomic mass is 9.96. The summed E-state index contributed by atoms with van der Waals surface area (Å²) in [5.74, 6) is -1.56. The van der Waals surface area contributed by atoms with Crippen LogP contribution in [0.5, 0.6) is 17.2 Å². The highest BCUT2D eigenvalue weighted by molar-refractivity contribution is 7.16. The highest BCUT2D eigenvalue weighted by Gasteiger charge is 2.24. The third-order valence-corrected chi connectivity index (χ3v) is 8.04. The number of amides is 2. The smallest absolute Gasteiger partial charge is 0.343 e. The standard InChI is InChI=1S/C31H26N4O6S/c1-39-25-14-12-19(15-26(25)40-2)31(38)41-24-13-11-18-7-3-4-8-20(18)23(24)17-33-35-29(37)28(36)34-30-22(16-32)21-9-5-6-10-27(21)42-30/h3-4,7-8,11-15,17H,5-6,9-10H2,1-2H3,(H,34,36)(H,35,37). The number of benzene rings is 3. The van der Waals surface area contributed by atoms with Crippen LogP contribution < -0.4 is 25.0 Å². The van der Waals surface area contributed by atoms with Crippen molar-refractivity contribution in [1.82, 2.24) is 5.43 Å². The van der Waals surface area contributed by atoms with E-state index in [-0.39, 0.29) is 11.3 Å². The van der Waals surface area contributed by atoms with Gasteiger partial charge in [0.2, 0.25) is 0 Å². The molecule has 3 aromatic carbocycles. The molecule has 212 valence electrons. The molecule has 2 amide bonds. The maximum absolute atomic E-state index is 13.0. The molecule has 5 rings (SSSR count). The van der Waals surface area contributed by atoms with Crippen molar-refractivity contribution in [3.05, 3.63) is 81.7 Å². The van der Waals surface area contributed by atoms with Crippen molar-refractivity contribution in [2.45, 2.75) is 25.7 Å². The molecule has 0 saturated heterocycles. The Kier molecular flexibility index (Phi) is 8.45. The van der Waals surface area contributed by atoms with Crippen LogP contribution in [0.2, 0.25) is 0 Å². The van der Waals surface area contributed by atoms with Crippen molar-refractivity contribution < 1.29 is 28.6 Å². The van der Waals surface area contributed by atoms with Crippen LogP contribution in [0.25, 0.3) is 10.8 Å². The van der Waals surface area contributed by atoms with Crippen molar-refractivity contribution >= 4 is 51.1 Å². The number of rotatable bonds is 7. The molecule has 1 aliphatic carbocycles. The molecule has 0 unspecified atom stereocenters. The van der Waals surface area contributed by atoms with E-state index in [9.17, 15) is 19.6 Å². The fraction of sp³-hybridized carbons (Fsp3) is 0.194. The van der Waals surface area contributed by atoms with Gasteiger partial charge in [-0.1, -0.05) is 30.3 Å². The second-order valence-corrected chi connectivity index (χ2v) is 10.4. The van der Waals surface area contributed by atoms with Gasteiger partial charge in [0, 0.05) is 10.4 Å². The van der Waals surface area contributed by atoms with Crippen LogP contribution in [-0.2, 0) is 22.4 Å². The van der Waals surface area contributed by atoms with Gasteiger partial charge in [0.25, 0.3) is 0 Å². The minimum atomic E-state index is -1.01. The molecule has 42 heavy (non-hydrogen) atoms. The number of nitriles is 1. The summed E-state index contributed by atoms with van der Waals surface area (Å²) < 4.78 is 16.2. The van der Waals surface area contributed by atoms with Crippen LogP contribution in [-0.4, -0.2) is 38.2 Å². The van der Waals surface area contributed by atoms with E-state index in [0.717, 1.165) is 41.5 Å². The number of hydrogen-bond acceptors (Lipinski definition) is 9. The summed E-state index contributed by atoms with van der Waals surface area (Å²) in [5, 5.41) is 18.1. The summed E-state index contributed by atoms with van der Waals surface area (Å²) in [6.07, 6.45) is 4.97. The molecule has 1 heterocycles. The highest BCUT2D eigenvalue weighted by Crippen LogP contribution is 2.37. The van der Waals surface area contributed by atoms with Gasteiger partial charge in [0.1, 0.15) is 16.8 Å². The van der Waals surface area contributed by atoms with Crippen molar-refractivity contribution in [3.8, 4) is 23.3 Å². The summed E-state index contributed by atoms with van der Waals surface area (Å²) in [5.41, 5.74) is 4.24. The van der Waals surface area contributed by atoms with Gasteiger partial charge in [-0.3, -0.25) is 9.59 Å². The Balaban J connectivity index is 1.34. The van der Waals surface area contributed by atoms with E-state index in [1.807, 2.05) is 24.3 Å². The van der Waals surface area contributed by atoms with Crippen LogP contribution in [0.3, 0.4) is 0 Å². The molecule has 0 fully saturated rings. The zero-order chi connectivity index (χ0) is 29.6. The Morgan fingerprint density at radius 1 is 0.952 bits per heavy atom. The largest absolute Gasteiger partial charge is 0.493 e. The van der Waals surface area contributed by atoms with E-state index in [1.54, 1.807) is 24.3 Å². The number of carbonyl (C=O) groups excluding carboxylic acids is 3. The number of nitrogens with one attached hydrogen (secondary N) is 2. The van der Waals surface area contributed by atoms with Gasteiger partial charge in [0.15, 0.2) is 11.5 Å². The third-order valence-electron chi connectivity index (χ3n) is 6.83. The molecule has 4 aromatic rings. The van der Waals surface area contributed by atoms with E-state index in [0.29, 0.717) is 33.0 Å². The van der Waals surface area contributed by atoms with Gasteiger partial charge in [-0.05, 0) is 66.3 Å². The number of esters is 1. The molecule has 0 atom stereocenters. The van der Waals surface area contributed by atoms with Crippen LogP contribution >= 0.6 is 11.3 Å². The number of methoxy groups -OCH3 is 2. The number of fused-ring (bicyclic) bond motifs is 2. The quantitative estimate of drug-likeness (QED) is 0.103. The Morgan fingerprint density at radius 2 is 1.71 bits per heavy atom. The number of anilines is 1. The average Bonchev–Trinajstić information content (AvgIpc) is 3.38. The van der Waals surface area contributed by atoms with Crippen molar-refractivity contribution in [1.29, 1.82) is 5.26 Å². The minimum Gasteiger partial charge on any atom is -0.493 e. The number of ether oxygens (including phenoxy) is 3. The monoisotopic (exact) mass is 582 g/mol. The maximum atomic E-state index is 13.0. The van der Waals surface area contributed by atoms with Crippen LogP contribution in [0.4, 0.5) is 5.00 Å². The van der Waals surface area contributed by atoms with E-state index in [4.69, 9.17) is 14.2 Å². The molecule has 0 aliphatic heterocycles. The Morgan fingerprint density at radius 3 is 2.50 bits per heavy atom. The summed E-state index contributed by atoms with van der Waals surface area (Å²) in [6.45, 7) is 0. The lowest BCUT2D eigenvalue weighted by molar-refractivity contribution is -0.136. The SMILES string of the molecule is COc1ccc(C(=O)Oc2ccc3ccccc3c2C=NNC(=O)C(=O)Nc2sc3c(c2C#N)CCCC3)cc1OC. The average molecular weight is 583 g/mol. The van der Waals surface area contributed by atoms with E-state index >= 15 is 0 Å². The lowest BCUT2D eigenvalue weighted by Gasteiger charge is -2.12. The first kappa shape index (κ1) is 28.3. The van der Waals surface area contributed by atoms with Gasteiger partial charge in [-0.25, -0.2) is 10.2 Å². The number of hydrazone groups is 1. The maximum Gasteiger partial charge on any atom is 0.343 e. The lowest BCUT2D eigenvalue weighted by Crippen LogP contribution is -2.32. The highest BCUT2D eigenvalue weighted by atomic mass is 32.1. The number of hydrogen-bond donors (Lipinski definition) is 2. The van der Waals surface area contributed by atoms with Crippen LogP contribution in [0, 0.1) is 11.3 Å². The van der Waals surface area contributed by atoms with Crippen LogP contribution in [0.15, 0.2) is 59.7 Å². The fourth-order valence-electron chi connectivity index (χ4n) is 4.76. The summed E-state index contributed by atoms with van der Waals surface area (Å²) in [6, 6.07) is 17.6. The second-order valence-electron chi connectivity index (χ2n) is 9.34. The molecule has 0 spiro atoms. The van der Waals surface area contributed by atoms with Crippen molar-refractivity contribution in [2.24, 2.45) is 5.10 Å². The topological polar surface area (TPSA) is 139 Å². The van der Waals surface area contributed by atoms with Gasteiger partial charge in [0.05, 0.1) is 31.6 Å². The fourth-order valence-corrected chi connectivity index (χ4v) is 5.99. The molecular weight excluding hydrogens is 556 g/mol. The molecule has 0 radical (unpaired) electrons. The number of nitrogens with zero attached hydrogens (tertiary/aromatic N) is 2. The first-order valence-electron chi connectivity index (χ1n) is 13.1. The van der Waals surface area contributed by atoms with Gasteiger partial charge in [-0.15, -0.1) is 11.3 Å². The first-order valence-corrected chi connectivity index (χ1v) is 13.9. The Hall–Kier alpha value is -5.21. The molecule has 11 heteroatoms. The second kappa shape index (κ2) is 12.5. The van der Waals surface area contributed by atoms with Gasteiger partial charge < -0.3 is 19.5 Å². The minimum absolute atomic E-state index is 0.193. The molecular formula is C31H26N4O6S.